The highest BCUT2D eigenvalue weighted by Gasteiger charge is 2.10. The second-order valence-electron chi connectivity index (χ2n) is 3.07. The molecule has 13 heavy (non-hydrogen) atoms. The summed E-state index contributed by atoms with van der Waals surface area (Å²) in [4.78, 5) is 14.7. The van der Waals surface area contributed by atoms with E-state index < -0.39 is 0 Å². The summed E-state index contributed by atoms with van der Waals surface area (Å²) in [6, 6.07) is 0. The van der Waals surface area contributed by atoms with Gasteiger partial charge < -0.3 is 10.3 Å². The highest BCUT2D eigenvalue weighted by Crippen LogP contribution is 2.06. The molecule has 0 aliphatic carbocycles. The van der Waals surface area contributed by atoms with Gasteiger partial charge in [0, 0.05) is 19.3 Å². The summed E-state index contributed by atoms with van der Waals surface area (Å²) < 4.78 is 4.78. The maximum absolute atomic E-state index is 10.7. The van der Waals surface area contributed by atoms with E-state index in [-0.39, 0.29) is 11.8 Å². The lowest BCUT2D eigenvalue weighted by Crippen LogP contribution is -2.21. The van der Waals surface area contributed by atoms with Crippen molar-refractivity contribution < 1.29 is 9.32 Å². The van der Waals surface area contributed by atoms with Crippen LogP contribution in [0.4, 0.5) is 0 Å². The second-order valence-corrected chi connectivity index (χ2v) is 3.07. The molecule has 5 heteroatoms. The van der Waals surface area contributed by atoms with E-state index in [9.17, 15) is 4.79 Å². The van der Waals surface area contributed by atoms with E-state index in [2.05, 4.69) is 10.1 Å². The third-order valence-electron chi connectivity index (χ3n) is 1.86. The zero-order chi connectivity index (χ0) is 9.84. The van der Waals surface area contributed by atoms with Crippen LogP contribution in [-0.4, -0.2) is 16.0 Å². The zero-order valence-corrected chi connectivity index (χ0v) is 7.78. The molecule has 2 N–H and O–H groups in total. The van der Waals surface area contributed by atoms with Gasteiger partial charge in [0.1, 0.15) is 0 Å². The largest absolute Gasteiger partial charge is 0.369 e. The number of rotatable bonds is 4. The molecule has 0 spiro atoms. The first kappa shape index (κ1) is 9.70. The van der Waals surface area contributed by atoms with Crippen LogP contribution < -0.4 is 5.73 Å². The summed E-state index contributed by atoms with van der Waals surface area (Å²) in [5, 5.41) is 3.71. The molecule has 0 saturated carbocycles. The number of carbonyl (C=O) groups is 1. The number of hydrogen-bond donors (Lipinski definition) is 1. The van der Waals surface area contributed by atoms with Crippen molar-refractivity contribution in [2.24, 2.45) is 11.7 Å². The molecule has 0 radical (unpaired) electrons. The first-order chi connectivity index (χ1) is 6.09. The van der Waals surface area contributed by atoms with Gasteiger partial charge in [-0.15, -0.1) is 0 Å². The van der Waals surface area contributed by atoms with Gasteiger partial charge in [0.05, 0.1) is 0 Å². The van der Waals surface area contributed by atoms with Crippen LogP contribution in [0.3, 0.4) is 0 Å². The van der Waals surface area contributed by atoms with E-state index >= 15 is 0 Å². The van der Waals surface area contributed by atoms with Crippen molar-refractivity contribution in [1.82, 2.24) is 10.1 Å². The zero-order valence-electron chi connectivity index (χ0n) is 7.78. The molecular formula is C8H13N3O2. The summed E-state index contributed by atoms with van der Waals surface area (Å²) in [7, 11) is 0. The van der Waals surface area contributed by atoms with Gasteiger partial charge >= 0.3 is 0 Å². The van der Waals surface area contributed by atoms with Gasteiger partial charge in [0.15, 0.2) is 5.82 Å². The molecule has 5 nitrogen and oxygen atoms in total. The Bertz CT molecular complexity index is 295. The third kappa shape index (κ3) is 2.85. The van der Waals surface area contributed by atoms with Gasteiger partial charge in [0.25, 0.3) is 0 Å². The quantitative estimate of drug-likeness (QED) is 0.733. The summed E-state index contributed by atoms with van der Waals surface area (Å²) in [5.41, 5.74) is 5.10. The van der Waals surface area contributed by atoms with E-state index in [0.717, 1.165) is 0 Å². The fourth-order valence-electron chi connectivity index (χ4n) is 0.931. The average molecular weight is 183 g/mol. The Morgan fingerprint density at radius 2 is 2.38 bits per heavy atom. The van der Waals surface area contributed by atoms with Crippen molar-refractivity contribution in [2.75, 3.05) is 0 Å². The monoisotopic (exact) mass is 183 g/mol. The van der Waals surface area contributed by atoms with Crippen LogP contribution in [0.2, 0.25) is 0 Å². The molecule has 72 valence electrons. The standard InChI is InChI=1S/C8H13N3O2/c1-5(8(9)12)3-4-7-10-6(2)13-11-7/h5H,3-4H2,1-2H3,(H2,9,12)/t5-/m0/s1. The minimum absolute atomic E-state index is 0.140. The van der Waals surface area contributed by atoms with Crippen LogP contribution in [0.15, 0.2) is 4.52 Å². The minimum atomic E-state index is -0.291. The summed E-state index contributed by atoms with van der Waals surface area (Å²) >= 11 is 0. The van der Waals surface area contributed by atoms with Gasteiger partial charge in [-0.1, -0.05) is 12.1 Å². The van der Waals surface area contributed by atoms with Crippen LogP contribution in [-0.2, 0) is 11.2 Å². The number of nitrogens with two attached hydrogens (primary N) is 1. The fraction of sp³-hybridized carbons (Fsp3) is 0.625. The van der Waals surface area contributed by atoms with E-state index in [1.54, 1.807) is 13.8 Å². The maximum Gasteiger partial charge on any atom is 0.223 e. The Morgan fingerprint density at radius 3 is 2.85 bits per heavy atom. The summed E-state index contributed by atoms with van der Waals surface area (Å²) in [5.74, 6) is 0.742. The maximum atomic E-state index is 10.7. The Morgan fingerprint density at radius 1 is 1.69 bits per heavy atom. The summed E-state index contributed by atoms with van der Waals surface area (Å²) in [6.45, 7) is 3.52. The molecule has 1 amide bonds. The average Bonchev–Trinajstić information content (AvgIpc) is 2.47. The lowest BCUT2D eigenvalue weighted by atomic mass is 10.1. The molecule has 1 heterocycles. The van der Waals surface area contributed by atoms with Gasteiger partial charge in [-0.2, -0.15) is 4.98 Å². The molecule has 0 unspecified atom stereocenters. The molecule has 0 bridgehead atoms. The first-order valence-electron chi connectivity index (χ1n) is 4.18. The predicted molar refractivity (Wildman–Crippen MR) is 45.7 cm³/mol. The molecule has 0 saturated heterocycles. The first-order valence-corrected chi connectivity index (χ1v) is 4.18. The highest BCUT2D eigenvalue weighted by atomic mass is 16.5. The predicted octanol–water partition coefficient (Wildman–Crippen LogP) is 0.432. The van der Waals surface area contributed by atoms with E-state index in [1.165, 1.54) is 0 Å². The smallest absolute Gasteiger partial charge is 0.223 e. The van der Waals surface area contributed by atoms with Crippen LogP contribution in [0.5, 0.6) is 0 Å². The fourth-order valence-corrected chi connectivity index (χ4v) is 0.931. The Hall–Kier alpha value is -1.39. The molecule has 0 aliphatic rings. The van der Waals surface area contributed by atoms with E-state index in [4.69, 9.17) is 10.3 Å². The molecule has 1 aromatic heterocycles. The molecule has 0 fully saturated rings. The third-order valence-corrected chi connectivity index (χ3v) is 1.86. The SMILES string of the molecule is Cc1nc(CC[C@H](C)C(N)=O)no1. The van der Waals surface area contributed by atoms with Gasteiger partial charge in [-0.3, -0.25) is 4.79 Å². The normalized spacial score (nSPS) is 12.8. The number of amides is 1. The van der Waals surface area contributed by atoms with Crippen molar-refractivity contribution in [3.05, 3.63) is 11.7 Å². The number of nitrogens with zero attached hydrogens (tertiary/aromatic N) is 2. The van der Waals surface area contributed by atoms with Crippen LogP contribution in [0.1, 0.15) is 25.1 Å². The van der Waals surface area contributed by atoms with E-state index in [0.29, 0.717) is 24.6 Å². The molecule has 1 atom stereocenters. The van der Waals surface area contributed by atoms with Crippen molar-refractivity contribution in [3.63, 3.8) is 0 Å². The summed E-state index contributed by atoms with van der Waals surface area (Å²) in [6.07, 6.45) is 1.29. The Balaban J connectivity index is 2.39. The van der Waals surface area contributed by atoms with Crippen LogP contribution >= 0.6 is 0 Å². The Kier molecular flexibility index (Phi) is 3.00. The van der Waals surface area contributed by atoms with Crippen molar-refractivity contribution in [2.45, 2.75) is 26.7 Å². The number of hydrogen-bond acceptors (Lipinski definition) is 4. The number of carbonyl (C=O) groups excluding carboxylic acids is 1. The Labute approximate surface area is 76.3 Å². The molecular weight excluding hydrogens is 170 g/mol. The molecule has 1 rings (SSSR count). The van der Waals surface area contributed by atoms with Gasteiger partial charge in [-0.25, -0.2) is 0 Å². The number of aryl methyl sites for hydroxylation is 2. The topological polar surface area (TPSA) is 82.0 Å². The molecule has 0 aliphatic heterocycles. The highest BCUT2D eigenvalue weighted by molar-refractivity contribution is 5.76. The van der Waals surface area contributed by atoms with Crippen molar-refractivity contribution in [1.29, 1.82) is 0 Å². The van der Waals surface area contributed by atoms with E-state index in [1.807, 2.05) is 0 Å². The van der Waals surface area contributed by atoms with Gasteiger partial charge in [0.2, 0.25) is 11.8 Å². The van der Waals surface area contributed by atoms with Gasteiger partial charge in [-0.05, 0) is 6.42 Å². The molecule has 0 aromatic carbocycles. The lowest BCUT2D eigenvalue weighted by Gasteiger charge is -2.02. The van der Waals surface area contributed by atoms with Crippen molar-refractivity contribution in [3.8, 4) is 0 Å². The minimum Gasteiger partial charge on any atom is -0.369 e. The second kappa shape index (κ2) is 4.02. The number of aromatic nitrogens is 2. The van der Waals surface area contributed by atoms with Crippen LogP contribution in [0, 0.1) is 12.8 Å². The van der Waals surface area contributed by atoms with Crippen LogP contribution in [0.25, 0.3) is 0 Å². The lowest BCUT2D eigenvalue weighted by molar-refractivity contribution is -0.121. The number of primary amides is 1. The molecule has 1 aromatic rings. The van der Waals surface area contributed by atoms with Crippen molar-refractivity contribution >= 4 is 5.91 Å².